The van der Waals surface area contributed by atoms with Crippen molar-refractivity contribution >= 4 is 0 Å². The summed E-state index contributed by atoms with van der Waals surface area (Å²) in [6.45, 7) is 4.63. The Bertz CT molecular complexity index is 297. The second kappa shape index (κ2) is 6.36. The van der Waals surface area contributed by atoms with E-state index in [1.165, 1.54) is 83.6 Å². The van der Waals surface area contributed by atoms with Crippen LogP contribution in [0.2, 0.25) is 0 Å². The molecule has 0 aromatic carbocycles. The van der Waals surface area contributed by atoms with Crippen molar-refractivity contribution in [2.45, 2.75) is 95.6 Å². The molecule has 1 heterocycles. The van der Waals surface area contributed by atoms with E-state index in [0.717, 1.165) is 6.61 Å². The highest BCUT2D eigenvalue weighted by Crippen LogP contribution is 2.42. The SMILES string of the molecule is CCC1(CNC2CCOC3(CCCCC3)C2)CCCC1. The van der Waals surface area contributed by atoms with E-state index in [1.54, 1.807) is 0 Å². The zero-order chi connectivity index (χ0) is 13.9. The van der Waals surface area contributed by atoms with Crippen molar-refractivity contribution in [2.75, 3.05) is 13.2 Å². The van der Waals surface area contributed by atoms with Crippen LogP contribution in [0.5, 0.6) is 0 Å². The number of rotatable bonds is 4. The summed E-state index contributed by atoms with van der Waals surface area (Å²) < 4.78 is 6.22. The molecule has 116 valence electrons. The van der Waals surface area contributed by atoms with Crippen molar-refractivity contribution < 1.29 is 4.74 Å². The monoisotopic (exact) mass is 279 g/mol. The van der Waals surface area contributed by atoms with Gasteiger partial charge in [-0.05, 0) is 50.4 Å². The standard InChI is InChI=1S/C18H33NO/c1-2-17(9-6-7-10-17)15-19-16-8-13-20-18(14-16)11-4-3-5-12-18/h16,19H,2-15H2,1H3. The van der Waals surface area contributed by atoms with E-state index in [0.29, 0.717) is 11.5 Å². The Labute approximate surface area is 125 Å². The van der Waals surface area contributed by atoms with Gasteiger partial charge in [-0.2, -0.15) is 0 Å². The Morgan fingerprint density at radius 3 is 2.40 bits per heavy atom. The second-order valence-electron chi connectivity index (χ2n) is 7.72. The molecule has 3 fully saturated rings. The number of ether oxygens (including phenoxy) is 1. The molecule has 20 heavy (non-hydrogen) atoms. The molecule has 1 aliphatic heterocycles. The van der Waals surface area contributed by atoms with E-state index in [9.17, 15) is 0 Å². The minimum absolute atomic E-state index is 0.253. The Balaban J connectivity index is 1.52. The summed E-state index contributed by atoms with van der Waals surface area (Å²) in [6.07, 6.45) is 16.5. The van der Waals surface area contributed by atoms with Gasteiger partial charge in [-0.25, -0.2) is 0 Å². The zero-order valence-electron chi connectivity index (χ0n) is 13.4. The van der Waals surface area contributed by atoms with E-state index >= 15 is 0 Å². The largest absolute Gasteiger partial charge is 0.375 e. The molecule has 0 amide bonds. The van der Waals surface area contributed by atoms with Crippen molar-refractivity contribution in [3.05, 3.63) is 0 Å². The highest BCUT2D eigenvalue weighted by Gasteiger charge is 2.39. The molecular weight excluding hydrogens is 246 g/mol. The lowest BCUT2D eigenvalue weighted by Gasteiger charge is -2.44. The van der Waals surface area contributed by atoms with Gasteiger partial charge in [0.05, 0.1) is 5.60 Å². The van der Waals surface area contributed by atoms with Gasteiger partial charge in [0.15, 0.2) is 0 Å². The fourth-order valence-corrected chi connectivity index (χ4v) is 4.89. The molecule has 0 aromatic rings. The lowest BCUT2D eigenvalue weighted by Crippen LogP contribution is -2.49. The molecule has 0 radical (unpaired) electrons. The minimum Gasteiger partial charge on any atom is -0.375 e. The normalized spacial score (nSPS) is 32.5. The smallest absolute Gasteiger partial charge is 0.0697 e. The van der Waals surface area contributed by atoms with Gasteiger partial charge in [0.25, 0.3) is 0 Å². The molecule has 0 aromatic heterocycles. The van der Waals surface area contributed by atoms with Crippen LogP contribution in [0.4, 0.5) is 0 Å². The maximum absolute atomic E-state index is 6.22. The van der Waals surface area contributed by atoms with E-state index in [-0.39, 0.29) is 5.60 Å². The van der Waals surface area contributed by atoms with Crippen molar-refractivity contribution in [1.29, 1.82) is 0 Å². The topological polar surface area (TPSA) is 21.3 Å². The first kappa shape index (κ1) is 14.8. The fraction of sp³-hybridized carbons (Fsp3) is 1.00. The first-order chi connectivity index (χ1) is 9.76. The van der Waals surface area contributed by atoms with Crippen LogP contribution in [-0.4, -0.2) is 24.8 Å². The summed E-state index contributed by atoms with van der Waals surface area (Å²) in [5.74, 6) is 0. The van der Waals surface area contributed by atoms with Crippen LogP contribution >= 0.6 is 0 Å². The van der Waals surface area contributed by atoms with E-state index in [1.807, 2.05) is 0 Å². The molecule has 2 heteroatoms. The first-order valence-electron chi connectivity index (χ1n) is 9.13. The van der Waals surface area contributed by atoms with Crippen LogP contribution in [0.3, 0.4) is 0 Å². The predicted octanol–water partition coefficient (Wildman–Crippen LogP) is 4.43. The predicted molar refractivity (Wildman–Crippen MR) is 84.0 cm³/mol. The zero-order valence-corrected chi connectivity index (χ0v) is 13.4. The summed E-state index contributed by atoms with van der Waals surface area (Å²) >= 11 is 0. The molecule has 1 spiro atoms. The molecule has 2 nitrogen and oxygen atoms in total. The molecule has 1 saturated heterocycles. The molecule has 2 aliphatic carbocycles. The third-order valence-corrected chi connectivity index (χ3v) is 6.44. The molecule has 1 unspecified atom stereocenters. The lowest BCUT2D eigenvalue weighted by molar-refractivity contribution is -0.109. The molecule has 1 N–H and O–H groups in total. The molecule has 3 rings (SSSR count). The van der Waals surface area contributed by atoms with Gasteiger partial charge in [-0.3, -0.25) is 0 Å². The van der Waals surface area contributed by atoms with Crippen LogP contribution < -0.4 is 5.32 Å². The third-order valence-electron chi connectivity index (χ3n) is 6.44. The molecular formula is C18H33NO. The molecule has 2 saturated carbocycles. The Morgan fingerprint density at radius 1 is 1.00 bits per heavy atom. The van der Waals surface area contributed by atoms with E-state index < -0.39 is 0 Å². The van der Waals surface area contributed by atoms with Crippen LogP contribution in [0.15, 0.2) is 0 Å². The maximum atomic E-state index is 6.22. The van der Waals surface area contributed by atoms with Gasteiger partial charge >= 0.3 is 0 Å². The number of hydrogen-bond acceptors (Lipinski definition) is 2. The summed E-state index contributed by atoms with van der Waals surface area (Å²) in [7, 11) is 0. The van der Waals surface area contributed by atoms with E-state index in [2.05, 4.69) is 12.2 Å². The molecule has 3 aliphatic rings. The maximum Gasteiger partial charge on any atom is 0.0697 e. The summed E-state index contributed by atoms with van der Waals surface area (Å²) in [4.78, 5) is 0. The van der Waals surface area contributed by atoms with E-state index in [4.69, 9.17) is 4.74 Å². The van der Waals surface area contributed by atoms with Gasteiger partial charge in [-0.15, -0.1) is 0 Å². The highest BCUT2D eigenvalue weighted by atomic mass is 16.5. The third kappa shape index (κ3) is 3.22. The van der Waals surface area contributed by atoms with Crippen LogP contribution in [0.1, 0.15) is 84.0 Å². The van der Waals surface area contributed by atoms with Gasteiger partial charge in [-0.1, -0.05) is 39.0 Å². The number of hydrogen-bond donors (Lipinski definition) is 1. The lowest BCUT2D eigenvalue weighted by atomic mass is 9.77. The van der Waals surface area contributed by atoms with Crippen LogP contribution in [0, 0.1) is 5.41 Å². The molecule has 1 atom stereocenters. The quantitative estimate of drug-likeness (QED) is 0.822. The van der Waals surface area contributed by atoms with Crippen molar-refractivity contribution in [2.24, 2.45) is 5.41 Å². The van der Waals surface area contributed by atoms with Gasteiger partial charge in [0.1, 0.15) is 0 Å². The second-order valence-corrected chi connectivity index (χ2v) is 7.72. The molecule has 0 bridgehead atoms. The van der Waals surface area contributed by atoms with Gasteiger partial charge in [0, 0.05) is 19.2 Å². The average molecular weight is 279 g/mol. The average Bonchev–Trinajstić information content (AvgIpc) is 2.96. The van der Waals surface area contributed by atoms with Crippen LogP contribution in [0.25, 0.3) is 0 Å². The van der Waals surface area contributed by atoms with Gasteiger partial charge in [0.2, 0.25) is 0 Å². The first-order valence-corrected chi connectivity index (χ1v) is 9.13. The summed E-state index contributed by atoms with van der Waals surface area (Å²) in [5, 5.41) is 3.95. The van der Waals surface area contributed by atoms with Crippen molar-refractivity contribution in [3.8, 4) is 0 Å². The Morgan fingerprint density at radius 2 is 1.70 bits per heavy atom. The van der Waals surface area contributed by atoms with Gasteiger partial charge < -0.3 is 10.1 Å². The number of nitrogens with one attached hydrogen (secondary N) is 1. The van der Waals surface area contributed by atoms with Crippen molar-refractivity contribution in [1.82, 2.24) is 5.32 Å². The Kier molecular flexibility index (Phi) is 4.72. The minimum atomic E-state index is 0.253. The van der Waals surface area contributed by atoms with Crippen molar-refractivity contribution in [3.63, 3.8) is 0 Å². The summed E-state index contributed by atoms with van der Waals surface area (Å²) in [5.41, 5.74) is 0.876. The summed E-state index contributed by atoms with van der Waals surface area (Å²) in [6, 6.07) is 0.714. The highest BCUT2D eigenvalue weighted by molar-refractivity contribution is 4.94. The Hall–Kier alpha value is -0.0800. The van der Waals surface area contributed by atoms with Crippen LogP contribution in [-0.2, 0) is 4.74 Å². The fourth-order valence-electron chi connectivity index (χ4n) is 4.89.